The quantitative estimate of drug-likeness (QED) is 0.441. The summed E-state index contributed by atoms with van der Waals surface area (Å²) in [7, 11) is 0. The second-order valence-corrected chi connectivity index (χ2v) is 6.47. The van der Waals surface area contributed by atoms with Gasteiger partial charge in [0.25, 0.3) is 0 Å². The summed E-state index contributed by atoms with van der Waals surface area (Å²) in [5.74, 6) is 0. The molecule has 1 aromatic rings. The summed E-state index contributed by atoms with van der Waals surface area (Å²) in [6.45, 7) is 3.09. The van der Waals surface area contributed by atoms with E-state index in [1.165, 1.54) is 19.1 Å². The summed E-state index contributed by atoms with van der Waals surface area (Å²) in [6.07, 6.45) is 0. The molecule has 0 unspecified atom stereocenters. The molecule has 0 saturated heterocycles. The Labute approximate surface area is 88.7 Å². The molecule has 0 aliphatic rings. The van der Waals surface area contributed by atoms with E-state index in [2.05, 4.69) is 0 Å². The third kappa shape index (κ3) is 2.47. The predicted octanol–water partition coefficient (Wildman–Crippen LogP) is -0.227. The molecule has 0 spiro atoms. The standard InChI is InChI=1S/C8H10AsNO5/c1-5-3-6(2)8(9(11,12)13)7(4-5)10(14)15/h3-4H,1-2H3,(H2,11,12,13). The van der Waals surface area contributed by atoms with Crippen LogP contribution in [0.1, 0.15) is 11.1 Å². The van der Waals surface area contributed by atoms with Gasteiger partial charge in [0.1, 0.15) is 0 Å². The molecule has 6 nitrogen and oxygen atoms in total. The fraction of sp³-hybridized carbons (Fsp3) is 0.250. The molecule has 2 N–H and O–H groups in total. The van der Waals surface area contributed by atoms with Crippen LogP contribution >= 0.6 is 0 Å². The van der Waals surface area contributed by atoms with Crippen molar-refractivity contribution in [1.82, 2.24) is 0 Å². The first-order valence-corrected chi connectivity index (χ1v) is 7.43. The summed E-state index contributed by atoms with van der Waals surface area (Å²) in [5, 5.41) is 10.6. The zero-order chi connectivity index (χ0) is 11.8. The molecule has 0 atom stereocenters. The number of hydrogen-bond donors (Lipinski definition) is 2. The van der Waals surface area contributed by atoms with Gasteiger partial charge in [-0.25, -0.2) is 0 Å². The monoisotopic (exact) mass is 275 g/mol. The fourth-order valence-corrected chi connectivity index (χ4v) is 3.49. The Balaban J connectivity index is 3.62. The van der Waals surface area contributed by atoms with Crippen LogP contribution in [0.5, 0.6) is 0 Å². The van der Waals surface area contributed by atoms with Crippen LogP contribution in [-0.4, -0.2) is 27.3 Å². The van der Waals surface area contributed by atoms with E-state index in [0.717, 1.165) is 0 Å². The van der Waals surface area contributed by atoms with Gasteiger partial charge in [0.15, 0.2) is 0 Å². The molecule has 0 heterocycles. The minimum absolute atomic E-state index is 0.259. The van der Waals surface area contributed by atoms with Crippen LogP contribution in [0, 0.1) is 24.0 Å². The van der Waals surface area contributed by atoms with E-state index in [4.69, 9.17) is 8.19 Å². The topological polar surface area (TPSA) is 101 Å². The van der Waals surface area contributed by atoms with Crippen LogP contribution in [0.4, 0.5) is 5.69 Å². The van der Waals surface area contributed by atoms with E-state index in [1.54, 1.807) is 6.92 Å². The second-order valence-electron chi connectivity index (χ2n) is 3.25. The van der Waals surface area contributed by atoms with Crippen molar-refractivity contribution in [3.63, 3.8) is 0 Å². The number of nitro benzene ring substituents is 1. The maximum absolute atomic E-state index is 11.1. The number of nitro groups is 1. The number of rotatable bonds is 2. The molecule has 0 bridgehead atoms. The molecule has 7 heteroatoms. The van der Waals surface area contributed by atoms with Gasteiger partial charge in [0.05, 0.1) is 0 Å². The molecule has 1 aromatic carbocycles. The summed E-state index contributed by atoms with van der Waals surface area (Å²) < 4.78 is 28.8. The van der Waals surface area contributed by atoms with Gasteiger partial charge in [-0.1, -0.05) is 0 Å². The van der Waals surface area contributed by atoms with Gasteiger partial charge in [-0.3, -0.25) is 0 Å². The summed E-state index contributed by atoms with van der Waals surface area (Å²) in [4.78, 5) is 9.88. The Morgan fingerprint density at radius 3 is 2.27 bits per heavy atom. The van der Waals surface area contributed by atoms with Crippen LogP contribution in [0.15, 0.2) is 12.1 Å². The molecule has 0 aliphatic heterocycles. The van der Waals surface area contributed by atoms with Crippen molar-refractivity contribution in [2.75, 3.05) is 0 Å². The van der Waals surface area contributed by atoms with Crippen LogP contribution in [-0.2, 0) is 3.74 Å². The Morgan fingerprint density at radius 2 is 1.87 bits per heavy atom. The Kier molecular flexibility index (Phi) is 3.04. The SMILES string of the molecule is Cc1cc(C)c([As](=O)(O)O)c([N+](=O)[O-])c1. The van der Waals surface area contributed by atoms with Crippen molar-refractivity contribution in [1.29, 1.82) is 0 Å². The molecular formula is C8H10AsNO5. The molecule has 15 heavy (non-hydrogen) atoms. The average Bonchev–Trinajstić information content (AvgIpc) is 1.99. The van der Waals surface area contributed by atoms with E-state index >= 15 is 0 Å². The van der Waals surface area contributed by atoms with Crippen LogP contribution in [0.25, 0.3) is 0 Å². The van der Waals surface area contributed by atoms with E-state index in [1.807, 2.05) is 0 Å². The first kappa shape index (κ1) is 12.0. The first-order chi connectivity index (χ1) is 6.73. The molecule has 1 rings (SSSR count). The molecule has 0 aromatic heterocycles. The van der Waals surface area contributed by atoms with Crippen molar-refractivity contribution in [2.24, 2.45) is 0 Å². The third-order valence-electron chi connectivity index (χ3n) is 1.91. The van der Waals surface area contributed by atoms with Crippen molar-refractivity contribution in [3.8, 4) is 0 Å². The van der Waals surface area contributed by atoms with Crippen LogP contribution < -0.4 is 4.35 Å². The van der Waals surface area contributed by atoms with Crippen molar-refractivity contribution < 1.29 is 16.9 Å². The van der Waals surface area contributed by atoms with E-state index < -0.39 is 29.1 Å². The Hall–Kier alpha value is -1.10. The van der Waals surface area contributed by atoms with Gasteiger partial charge in [0, 0.05) is 0 Å². The zero-order valence-electron chi connectivity index (χ0n) is 8.17. The number of nitrogens with zero attached hydrogens (tertiary/aromatic N) is 1. The maximum atomic E-state index is 11.1. The fourth-order valence-electron chi connectivity index (χ4n) is 1.46. The molecule has 82 valence electrons. The Bertz CT molecular complexity index is 464. The molecule has 0 fully saturated rings. The van der Waals surface area contributed by atoms with Gasteiger partial charge >= 0.3 is 88.3 Å². The summed E-state index contributed by atoms with van der Waals surface area (Å²) in [5.41, 5.74) is 0.362. The van der Waals surface area contributed by atoms with Crippen LogP contribution in [0.2, 0.25) is 0 Å². The molecular weight excluding hydrogens is 265 g/mol. The predicted molar refractivity (Wildman–Crippen MR) is 53.1 cm³/mol. The van der Waals surface area contributed by atoms with Gasteiger partial charge in [-0.2, -0.15) is 0 Å². The molecule has 0 amide bonds. The summed E-state index contributed by atoms with van der Waals surface area (Å²) in [6, 6.07) is 2.69. The second kappa shape index (κ2) is 3.81. The summed E-state index contributed by atoms with van der Waals surface area (Å²) >= 11 is -5.25. The minimum atomic E-state index is -5.25. The zero-order valence-corrected chi connectivity index (χ0v) is 10.0. The third-order valence-corrected chi connectivity index (χ3v) is 4.36. The van der Waals surface area contributed by atoms with Gasteiger partial charge in [0.2, 0.25) is 0 Å². The first-order valence-electron chi connectivity index (χ1n) is 4.05. The van der Waals surface area contributed by atoms with Crippen molar-refractivity contribution in [2.45, 2.75) is 13.8 Å². The molecule has 0 saturated carbocycles. The van der Waals surface area contributed by atoms with E-state index in [-0.39, 0.29) is 5.56 Å². The average molecular weight is 275 g/mol. The van der Waals surface area contributed by atoms with Crippen molar-refractivity contribution >= 4 is 24.2 Å². The van der Waals surface area contributed by atoms with Gasteiger partial charge in [-0.05, 0) is 0 Å². The van der Waals surface area contributed by atoms with Crippen LogP contribution in [0.3, 0.4) is 0 Å². The molecule has 0 aliphatic carbocycles. The number of aryl methyl sites for hydroxylation is 2. The van der Waals surface area contributed by atoms with E-state index in [0.29, 0.717) is 5.56 Å². The number of benzene rings is 1. The Morgan fingerprint density at radius 1 is 1.33 bits per heavy atom. The molecule has 0 radical (unpaired) electrons. The number of hydrogen-bond acceptors (Lipinski definition) is 3. The van der Waals surface area contributed by atoms with E-state index in [9.17, 15) is 13.9 Å². The normalized spacial score (nSPS) is 11.5. The van der Waals surface area contributed by atoms with Crippen molar-refractivity contribution in [3.05, 3.63) is 33.4 Å². The van der Waals surface area contributed by atoms with Gasteiger partial charge < -0.3 is 0 Å². The van der Waals surface area contributed by atoms with Gasteiger partial charge in [-0.15, -0.1) is 0 Å².